The lowest BCUT2D eigenvalue weighted by Gasteiger charge is -2.62. The van der Waals surface area contributed by atoms with Gasteiger partial charge in [-0.3, -0.25) is 8.88 Å². The van der Waals surface area contributed by atoms with Crippen LogP contribution < -0.4 is 19.1 Å². The fourth-order valence-electron chi connectivity index (χ4n) is 3.78. The second-order valence-corrected chi connectivity index (χ2v) is 16.4. The summed E-state index contributed by atoms with van der Waals surface area (Å²) < 4.78 is 4.38. The highest BCUT2D eigenvalue weighted by Crippen LogP contribution is 2.86. The van der Waals surface area contributed by atoms with Gasteiger partial charge in [-0.05, 0) is 96.4 Å². The first-order valence-corrected chi connectivity index (χ1v) is 16.6. The molecule has 1 fully saturated rings. The fourth-order valence-corrected chi connectivity index (χ4v) is 17.5. The number of anilines is 4. The largest absolute Gasteiger partial charge is 0.325 e. The van der Waals surface area contributed by atoms with Gasteiger partial charge in [-0.2, -0.15) is 0 Å². The zero-order valence-corrected chi connectivity index (χ0v) is 22.7. The number of nitrogens with one attached hydrogen (secondary N) is 2. The number of hydrogen-bond donors (Lipinski definition) is 2. The zero-order chi connectivity index (χ0) is 23.8. The summed E-state index contributed by atoms with van der Waals surface area (Å²) >= 11 is 25.3. The molecule has 1 saturated heterocycles. The van der Waals surface area contributed by atoms with Crippen LogP contribution in [-0.4, -0.2) is 0 Å². The Bertz CT molecular complexity index is 1260. The highest BCUT2D eigenvalue weighted by molar-refractivity contribution is 8.37. The van der Waals surface area contributed by atoms with Crippen molar-refractivity contribution >= 4 is 82.5 Å². The van der Waals surface area contributed by atoms with Crippen molar-refractivity contribution in [3.63, 3.8) is 0 Å². The van der Waals surface area contributed by atoms with Crippen LogP contribution in [0.1, 0.15) is 0 Å². The van der Waals surface area contributed by atoms with Crippen molar-refractivity contribution in [1.29, 1.82) is 0 Å². The Labute approximate surface area is 219 Å². The van der Waals surface area contributed by atoms with E-state index in [1.54, 1.807) is 0 Å². The third-order valence-electron chi connectivity index (χ3n) is 5.24. The molecule has 0 unspecified atom stereocenters. The van der Waals surface area contributed by atoms with E-state index < -0.39 is 13.0 Å². The maximum Gasteiger partial charge on any atom is 0.229 e. The molecule has 1 heterocycles. The van der Waals surface area contributed by atoms with Gasteiger partial charge < -0.3 is 10.2 Å². The van der Waals surface area contributed by atoms with Crippen molar-refractivity contribution < 1.29 is 0 Å². The molecule has 0 radical (unpaired) electrons. The molecular weight excluding hydrogens is 541 g/mol. The van der Waals surface area contributed by atoms with Crippen molar-refractivity contribution in [2.75, 3.05) is 19.1 Å². The summed E-state index contributed by atoms with van der Waals surface area (Å²) in [5.74, 6) is 0. The van der Waals surface area contributed by atoms with Crippen LogP contribution >= 0.6 is 36.2 Å². The molecule has 0 aliphatic carbocycles. The summed E-state index contributed by atoms with van der Waals surface area (Å²) in [5.41, 5.74) is 3.72. The van der Waals surface area contributed by atoms with Gasteiger partial charge >= 0.3 is 0 Å². The summed E-state index contributed by atoms with van der Waals surface area (Å²) in [6.45, 7) is -5.24. The minimum absolute atomic E-state index is 0.660. The Morgan fingerprint density at radius 1 is 0.500 bits per heavy atom. The van der Waals surface area contributed by atoms with Crippen LogP contribution in [0, 0.1) is 0 Å². The van der Waals surface area contributed by atoms with E-state index >= 15 is 0 Å². The van der Waals surface area contributed by atoms with E-state index in [2.05, 4.69) is 19.1 Å². The molecule has 0 bridgehead atoms. The fraction of sp³-hybridized carbons (Fsp3) is 0. The van der Waals surface area contributed by atoms with Crippen molar-refractivity contribution in [3.05, 3.63) is 119 Å². The number of hydrogen-bond acceptors (Lipinski definition) is 2. The summed E-state index contributed by atoms with van der Waals surface area (Å²) in [7, 11) is 0. The van der Waals surface area contributed by atoms with Gasteiger partial charge in [0, 0.05) is 21.4 Å². The SMILES string of the molecule is S=P1(Nc2ccccc2)N(c2ccc(Cl)cc2)P(=S)(Nc2ccccc2)N1c1ccc(Cl)cc1. The summed E-state index contributed by atoms with van der Waals surface area (Å²) in [6, 6.07) is 35.3. The van der Waals surface area contributed by atoms with Crippen LogP contribution in [0.15, 0.2) is 109 Å². The van der Waals surface area contributed by atoms with Crippen molar-refractivity contribution in [1.82, 2.24) is 0 Å². The van der Waals surface area contributed by atoms with E-state index in [9.17, 15) is 0 Å². The third kappa shape index (κ3) is 4.35. The van der Waals surface area contributed by atoms with E-state index in [4.69, 9.17) is 46.8 Å². The monoisotopic (exact) mass is 560 g/mol. The summed E-state index contributed by atoms with van der Waals surface area (Å²) in [4.78, 5) is 0. The highest BCUT2D eigenvalue weighted by Gasteiger charge is 2.58. The standard InChI is InChI=1S/C24H20Cl2N4P2S2/c25-19-11-15-23(16-12-19)29-31(33,27-21-7-3-1-4-8-21)30(24-17-13-20(26)14-18-24)32(29,34)28-22-9-5-2-6-10-22/h1-18H,(H,27,33)(H,28,34). The summed E-state index contributed by atoms with van der Waals surface area (Å²) in [6.07, 6.45) is 0. The third-order valence-corrected chi connectivity index (χ3v) is 16.9. The van der Waals surface area contributed by atoms with E-state index in [0.717, 1.165) is 22.7 Å². The Morgan fingerprint density at radius 2 is 0.824 bits per heavy atom. The van der Waals surface area contributed by atoms with Crippen molar-refractivity contribution in [2.45, 2.75) is 0 Å². The minimum Gasteiger partial charge on any atom is -0.325 e. The molecule has 2 N–H and O–H groups in total. The van der Waals surface area contributed by atoms with Crippen molar-refractivity contribution in [2.24, 2.45) is 0 Å². The second kappa shape index (κ2) is 9.54. The van der Waals surface area contributed by atoms with Gasteiger partial charge in [-0.15, -0.1) is 0 Å². The van der Waals surface area contributed by atoms with Crippen LogP contribution in [0.25, 0.3) is 0 Å². The van der Waals surface area contributed by atoms with Crippen LogP contribution in [0.5, 0.6) is 0 Å². The first-order chi connectivity index (χ1) is 16.4. The minimum atomic E-state index is -2.62. The van der Waals surface area contributed by atoms with Gasteiger partial charge in [0.1, 0.15) is 0 Å². The Balaban J connectivity index is 1.68. The smallest absolute Gasteiger partial charge is 0.229 e. The van der Waals surface area contributed by atoms with Gasteiger partial charge in [-0.1, -0.05) is 59.6 Å². The van der Waals surface area contributed by atoms with E-state index in [1.165, 1.54) is 0 Å². The van der Waals surface area contributed by atoms with Gasteiger partial charge in [0.25, 0.3) is 0 Å². The molecule has 34 heavy (non-hydrogen) atoms. The summed E-state index contributed by atoms with van der Waals surface area (Å²) in [5, 5.41) is 8.63. The Hall–Kier alpha value is -2.04. The average Bonchev–Trinajstić information content (AvgIpc) is 2.83. The molecule has 1 aliphatic heterocycles. The molecule has 0 atom stereocenters. The topological polar surface area (TPSA) is 30.5 Å². The van der Waals surface area contributed by atoms with E-state index in [0.29, 0.717) is 10.0 Å². The average molecular weight is 561 g/mol. The van der Waals surface area contributed by atoms with E-state index in [1.807, 2.05) is 109 Å². The van der Waals surface area contributed by atoms with Gasteiger partial charge in [0.2, 0.25) is 13.0 Å². The van der Waals surface area contributed by atoms with Gasteiger partial charge in [0.05, 0.1) is 11.4 Å². The lowest BCUT2D eigenvalue weighted by molar-refractivity contribution is 1.38. The molecule has 172 valence electrons. The predicted molar refractivity (Wildman–Crippen MR) is 157 cm³/mol. The second-order valence-electron chi connectivity index (χ2n) is 7.58. The molecule has 4 aromatic carbocycles. The molecule has 0 aromatic heterocycles. The lowest BCUT2D eigenvalue weighted by Crippen LogP contribution is -2.48. The first-order valence-electron chi connectivity index (χ1n) is 10.4. The van der Waals surface area contributed by atoms with Crippen LogP contribution in [0.3, 0.4) is 0 Å². The number of para-hydroxylation sites is 2. The lowest BCUT2D eigenvalue weighted by atomic mass is 10.3. The maximum absolute atomic E-state index is 6.46. The molecule has 10 heteroatoms. The van der Waals surface area contributed by atoms with E-state index in [-0.39, 0.29) is 0 Å². The Kier molecular flexibility index (Phi) is 6.65. The quantitative estimate of drug-likeness (QED) is 0.229. The molecule has 0 saturated carbocycles. The molecule has 0 amide bonds. The first kappa shape index (κ1) is 23.7. The number of benzene rings is 4. The molecule has 4 nitrogen and oxygen atoms in total. The zero-order valence-electron chi connectivity index (χ0n) is 17.8. The molecule has 1 aliphatic rings. The molecule has 4 aromatic rings. The normalized spacial score (nSPS) is 21.6. The maximum atomic E-state index is 6.46. The predicted octanol–water partition coefficient (Wildman–Crippen LogP) is 8.99. The van der Waals surface area contributed by atoms with Gasteiger partial charge in [-0.25, -0.2) is 0 Å². The molecule has 0 spiro atoms. The number of rotatable bonds is 6. The number of nitrogens with zero attached hydrogens (tertiary/aromatic N) is 2. The van der Waals surface area contributed by atoms with Crippen LogP contribution in [0.2, 0.25) is 10.0 Å². The number of halogens is 2. The molecular formula is C24H20Cl2N4P2S2. The van der Waals surface area contributed by atoms with Crippen LogP contribution in [0.4, 0.5) is 22.7 Å². The van der Waals surface area contributed by atoms with Crippen LogP contribution in [-0.2, 0) is 23.6 Å². The Morgan fingerprint density at radius 3 is 1.15 bits per heavy atom. The van der Waals surface area contributed by atoms with Gasteiger partial charge in [0.15, 0.2) is 0 Å². The van der Waals surface area contributed by atoms with Crippen molar-refractivity contribution in [3.8, 4) is 0 Å². The highest BCUT2D eigenvalue weighted by atomic mass is 35.5. The molecule has 5 rings (SSSR count).